The second kappa shape index (κ2) is 6.56. The van der Waals surface area contributed by atoms with E-state index in [1.54, 1.807) is 20.9 Å². The Kier molecular flexibility index (Phi) is 4.42. The van der Waals surface area contributed by atoms with E-state index >= 15 is 0 Å². The molecule has 0 saturated heterocycles. The van der Waals surface area contributed by atoms with Gasteiger partial charge in [0.05, 0.1) is 17.0 Å². The summed E-state index contributed by atoms with van der Waals surface area (Å²) in [6.07, 6.45) is 0.216. The van der Waals surface area contributed by atoms with Gasteiger partial charge in [0.15, 0.2) is 0 Å². The number of primary amides is 1. The number of rotatable bonds is 2. The Morgan fingerprint density at radius 2 is 2.11 bits per heavy atom. The molecule has 3 aromatic rings. The molecule has 1 unspecified atom stereocenters. The van der Waals surface area contributed by atoms with Gasteiger partial charge in [-0.3, -0.25) is 9.69 Å². The molecule has 4 rings (SSSR count). The van der Waals surface area contributed by atoms with E-state index in [9.17, 15) is 9.59 Å². The van der Waals surface area contributed by atoms with Crippen LogP contribution in [-0.2, 0) is 11.2 Å². The van der Waals surface area contributed by atoms with E-state index in [2.05, 4.69) is 5.10 Å². The molecular weight excluding hydrogens is 398 g/mol. The third-order valence-corrected chi connectivity index (χ3v) is 6.19. The fourth-order valence-electron chi connectivity index (χ4n) is 3.29. The van der Waals surface area contributed by atoms with Gasteiger partial charge in [0, 0.05) is 23.2 Å². The predicted octanol–water partition coefficient (Wildman–Crippen LogP) is 3.14. The number of thiophene rings is 1. The van der Waals surface area contributed by atoms with Crippen molar-refractivity contribution < 1.29 is 14.3 Å². The summed E-state index contributed by atoms with van der Waals surface area (Å²) in [5.74, 6) is -0.495. The molecule has 2 N–H and O–H groups in total. The van der Waals surface area contributed by atoms with Crippen LogP contribution in [0.4, 0.5) is 4.79 Å². The van der Waals surface area contributed by atoms with Crippen molar-refractivity contribution in [3.8, 4) is 0 Å². The molecule has 2 amide bonds. The number of aryl methyl sites for hydroxylation is 1. The highest BCUT2D eigenvalue weighted by Gasteiger charge is 2.39. The number of nitrogens with zero attached hydrogens (tertiary/aromatic N) is 4. The summed E-state index contributed by atoms with van der Waals surface area (Å²) in [5.41, 5.74) is 7.00. The number of hydrogen-bond donors (Lipinski definition) is 1. The lowest BCUT2D eigenvalue weighted by atomic mass is 10.0. The monoisotopic (exact) mass is 419 g/mol. The van der Waals surface area contributed by atoms with Crippen LogP contribution < -0.4 is 5.73 Å². The van der Waals surface area contributed by atoms with Crippen LogP contribution >= 0.6 is 22.7 Å². The fourth-order valence-corrected chi connectivity index (χ4v) is 5.07. The van der Waals surface area contributed by atoms with Crippen molar-refractivity contribution in [2.75, 3.05) is 6.54 Å². The number of ether oxygens (including phenoxy) is 1. The maximum atomic E-state index is 13.0. The van der Waals surface area contributed by atoms with Gasteiger partial charge in [-0.25, -0.2) is 14.3 Å². The first kappa shape index (κ1) is 18.9. The number of nitrogens with two attached hydrogens (primary N) is 1. The van der Waals surface area contributed by atoms with E-state index in [0.29, 0.717) is 18.5 Å². The van der Waals surface area contributed by atoms with Crippen molar-refractivity contribution >= 4 is 39.6 Å². The lowest BCUT2D eigenvalue weighted by Gasteiger charge is -2.35. The molecule has 4 heterocycles. The fraction of sp³-hybridized carbons (Fsp3) is 0.444. The first-order valence-corrected chi connectivity index (χ1v) is 10.6. The van der Waals surface area contributed by atoms with Gasteiger partial charge in [-0.15, -0.1) is 11.3 Å². The summed E-state index contributed by atoms with van der Waals surface area (Å²) in [4.78, 5) is 32.6. The summed E-state index contributed by atoms with van der Waals surface area (Å²) < 4.78 is 7.45. The number of aromatic nitrogens is 3. The van der Waals surface area contributed by atoms with Crippen LogP contribution in [0.2, 0.25) is 0 Å². The Hall–Kier alpha value is -2.46. The maximum absolute atomic E-state index is 13.0. The quantitative estimate of drug-likeness (QED) is 0.687. The molecule has 0 spiro atoms. The molecule has 1 aliphatic rings. The van der Waals surface area contributed by atoms with E-state index in [1.165, 1.54) is 22.7 Å². The zero-order valence-corrected chi connectivity index (χ0v) is 17.7. The highest BCUT2D eigenvalue weighted by atomic mass is 32.1. The van der Waals surface area contributed by atoms with Gasteiger partial charge in [0.1, 0.15) is 16.7 Å². The van der Waals surface area contributed by atoms with Gasteiger partial charge >= 0.3 is 6.09 Å². The second-order valence-corrected chi connectivity index (χ2v) is 9.79. The van der Waals surface area contributed by atoms with E-state index in [-0.39, 0.29) is 0 Å². The van der Waals surface area contributed by atoms with E-state index < -0.39 is 23.6 Å². The van der Waals surface area contributed by atoms with Crippen molar-refractivity contribution in [2.45, 2.75) is 45.8 Å². The Labute approximate surface area is 169 Å². The SMILES string of the molecule is Cc1nn2c3c(nc2s1)CCN(C(=O)OC(C)(C)C)C3c1cc(C(N)=O)cs1. The number of fused-ring (bicyclic) bond motifs is 3. The molecule has 0 bridgehead atoms. The third kappa shape index (κ3) is 3.26. The normalized spacial score (nSPS) is 17.0. The van der Waals surface area contributed by atoms with Crippen molar-refractivity contribution in [3.05, 3.63) is 38.3 Å². The summed E-state index contributed by atoms with van der Waals surface area (Å²) in [7, 11) is 0. The highest BCUT2D eigenvalue weighted by molar-refractivity contribution is 7.16. The molecule has 3 aromatic heterocycles. The number of carbonyl (C=O) groups excluding carboxylic acids is 2. The first-order chi connectivity index (χ1) is 13.1. The van der Waals surface area contributed by atoms with Crippen LogP contribution in [0, 0.1) is 6.92 Å². The van der Waals surface area contributed by atoms with Gasteiger partial charge in [-0.05, 0) is 33.8 Å². The van der Waals surface area contributed by atoms with Crippen molar-refractivity contribution in [3.63, 3.8) is 0 Å². The maximum Gasteiger partial charge on any atom is 0.411 e. The Morgan fingerprint density at radius 1 is 1.36 bits per heavy atom. The second-order valence-electron chi connectivity index (χ2n) is 7.69. The Balaban J connectivity index is 1.85. The minimum Gasteiger partial charge on any atom is -0.444 e. The zero-order chi connectivity index (χ0) is 20.2. The molecule has 0 radical (unpaired) electrons. The van der Waals surface area contributed by atoms with Crippen LogP contribution in [0.3, 0.4) is 0 Å². The molecular formula is C18H21N5O3S2. The van der Waals surface area contributed by atoms with Crippen molar-refractivity contribution in [1.82, 2.24) is 19.5 Å². The van der Waals surface area contributed by atoms with Crippen molar-refractivity contribution in [2.24, 2.45) is 5.73 Å². The predicted molar refractivity (Wildman–Crippen MR) is 107 cm³/mol. The summed E-state index contributed by atoms with van der Waals surface area (Å²) in [5, 5.41) is 7.18. The molecule has 10 heteroatoms. The minimum absolute atomic E-state index is 0.404. The number of imidazole rings is 1. The lowest BCUT2D eigenvalue weighted by molar-refractivity contribution is 0.0175. The number of hydrogen-bond acceptors (Lipinski definition) is 7. The first-order valence-electron chi connectivity index (χ1n) is 8.87. The Morgan fingerprint density at radius 3 is 2.75 bits per heavy atom. The molecule has 148 valence electrons. The highest BCUT2D eigenvalue weighted by Crippen LogP contribution is 2.39. The smallest absolute Gasteiger partial charge is 0.411 e. The van der Waals surface area contributed by atoms with Gasteiger partial charge in [-0.2, -0.15) is 5.10 Å². The van der Waals surface area contributed by atoms with Crippen LogP contribution in [0.15, 0.2) is 11.4 Å². The van der Waals surface area contributed by atoms with Crippen LogP contribution in [0.5, 0.6) is 0 Å². The summed E-state index contributed by atoms with van der Waals surface area (Å²) >= 11 is 2.90. The van der Waals surface area contributed by atoms with E-state index in [4.69, 9.17) is 15.5 Å². The largest absolute Gasteiger partial charge is 0.444 e. The van der Waals surface area contributed by atoms with Gasteiger partial charge in [-0.1, -0.05) is 11.3 Å². The molecule has 0 aliphatic carbocycles. The third-order valence-electron chi connectivity index (χ3n) is 4.38. The topological polar surface area (TPSA) is 103 Å². The van der Waals surface area contributed by atoms with Gasteiger partial charge in [0.25, 0.3) is 0 Å². The molecule has 28 heavy (non-hydrogen) atoms. The number of carbonyl (C=O) groups is 2. The van der Waals surface area contributed by atoms with E-state index in [0.717, 1.165) is 26.2 Å². The van der Waals surface area contributed by atoms with E-state index in [1.807, 2.05) is 27.7 Å². The molecule has 0 saturated carbocycles. The lowest BCUT2D eigenvalue weighted by Crippen LogP contribution is -2.43. The molecule has 8 nitrogen and oxygen atoms in total. The Bertz CT molecular complexity index is 1080. The van der Waals surface area contributed by atoms with Crippen LogP contribution in [0.1, 0.15) is 58.4 Å². The van der Waals surface area contributed by atoms with Gasteiger partial charge < -0.3 is 10.5 Å². The zero-order valence-electron chi connectivity index (χ0n) is 16.1. The minimum atomic E-state index is -0.611. The molecule has 0 aromatic carbocycles. The number of amides is 2. The molecule has 1 atom stereocenters. The summed E-state index contributed by atoms with van der Waals surface area (Å²) in [6.45, 7) is 7.91. The van der Waals surface area contributed by atoms with Crippen molar-refractivity contribution in [1.29, 1.82) is 0 Å². The molecule has 1 aliphatic heterocycles. The standard InChI is InChI=1S/C18H21N5O3S2/c1-9-21-23-13-11(20-16(23)28-9)5-6-22(17(25)26-18(2,3)4)14(13)12-7-10(8-27-12)15(19)24/h7-8,14H,5-6H2,1-4H3,(H2,19,24). The average molecular weight is 420 g/mol. The van der Waals surface area contributed by atoms with Crippen LogP contribution in [-0.4, -0.2) is 43.6 Å². The average Bonchev–Trinajstić information content (AvgIpc) is 3.25. The summed E-state index contributed by atoms with van der Waals surface area (Å²) in [6, 6.07) is 1.30. The molecule has 0 fully saturated rings. The van der Waals surface area contributed by atoms with Gasteiger partial charge in [0.2, 0.25) is 10.9 Å². The van der Waals surface area contributed by atoms with Crippen LogP contribution in [0.25, 0.3) is 4.96 Å².